The fraction of sp³-hybridized carbons (Fsp3) is 0.400. The third-order valence-corrected chi connectivity index (χ3v) is 7.62. The maximum absolute atomic E-state index is 15.1. The number of amides is 4. The Labute approximate surface area is 249 Å². The van der Waals surface area contributed by atoms with Crippen molar-refractivity contribution in [1.82, 2.24) is 19.9 Å². The smallest absolute Gasteiger partial charge is 0.325 e. The molecule has 0 bridgehead atoms. The van der Waals surface area contributed by atoms with Gasteiger partial charge in [-0.2, -0.15) is 0 Å². The van der Waals surface area contributed by atoms with Crippen molar-refractivity contribution in [2.75, 3.05) is 61.0 Å². The van der Waals surface area contributed by atoms with E-state index in [4.69, 9.17) is 4.52 Å². The summed E-state index contributed by atoms with van der Waals surface area (Å²) < 4.78 is 20.4. The van der Waals surface area contributed by atoms with E-state index in [0.29, 0.717) is 34.9 Å². The standard InChI is InChI=1S/C30H37FN8O4/c1-16-21(32-17(2)27(16)36-26(40)15-39-9-7-38(6)8-10-39)12-19-18-11-20(31)23(13-22(18)33-28(19)41)34-29(42)35-25-14-24(43-37-25)30(3,4)5/h11-14,32H,7-10,15H2,1-6H3,(H,33,41)(H,36,40)(H2,34,35,37,42)/b19-12-. The molecule has 4 heterocycles. The average molecular weight is 593 g/mol. The molecule has 43 heavy (non-hydrogen) atoms. The molecule has 12 nitrogen and oxygen atoms in total. The van der Waals surface area contributed by atoms with Crippen LogP contribution in [0, 0.1) is 19.7 Å². The number of aromatic amines is 1. The summed E-state index contributed by atoms with van der Waals surface area (Å²) in [4.78, 5) is 45.8. The number of benzene rings is 1. The van der Waals surface area contributed by atoms with Crippen LogP contribution in [0.4, 0.5) is 32.1 Å². The molecule has 0 atom stereocenters. The van der Waals surface area contributed by atoms with Crippen molar-refractivity contribution >= 4 is 52.4 Å². The van der Waals surface area contributed by atoms with Gasteiger partial charge in [0.2, 0.25) is 5.91 Å². The van der Waals surface area contributed by atoms with Crippen LogP contribution in [0.2, 0.25) is 0 Å². The van der Waals surface area contributed by atoms with Gasteiger partial charge in [-0.05, 0) is 44.7 Å². The zero-order valence-electron chi connectivity index (χ0n) is 25.2. The van der Waals surface area contributed by atoms with Crippen molar-refractivity contribution < 1.29 is 23.3 Å². The van der Waals surface area contributed by atoms with Crippen LogP contribution in [0.3, 0.4) is 0 Å². The van der Waals surface area contributed by atoms with E-state index in [1.165, 1.54) is 12.1 Å². The van der Waals surface area contributed by atoms with Gasteiger partial charge in [0.1, 0.15) is 11.6 Å². The number of hydrogen-bond donors (Lipinski definition) is 5. The normalized spacial score (nSPS) is 16.7. The summed E-state index contributed by atoms with van der Waals surface area (Å²) in [5.74, 6) is -0.471. The van der Waals surface area contributed by atoms with Gasteiger partial charge >= 0.3 is 6.03 Å². The van der Waals surface area contributed by atoms with Crippen LogP contribution in [0.15, 0.2) is 22.7 Å². The highest BCUT2D eigenvalue weighted by Gasteiger charge is 2.28. The molecule has 2 aliphatic heterocycles. The van der Waals surface area contributed by atoms with E-state index in [0.717, 1.165) is 37.4 Å². The highest BCUT2D eigenvalue weighted by molar-refractivity contribution is 6.35. The van der Waals surface area contributed by atoms with Gasteiger partial charge in [0.05, 0.1) is 29.2 Å². The number of H-pyrrole nitrogens is 1. The summed E-state index contributed by atoms with van der Waals surface area (Å²) in [6.45, 7) is 13.3. The predicted molar refractivity (Wildman–Crippen MR) is 164 cm³/mol. The topological polar surface area (TPSA) is 148 Å². The number of likely N-dealkylation sites (N-methyl/N-ethyl adjacent to an activating group) is 1. The Morgan fingerprint density at radius 3 is 2.49 bits per heavy atom. The minimum absolute atomic E-state index is 0.109. The predicted octanol–water partition coefficient (Wildman–Crippen LogP) is 4.38. The average Bonchev–Trinajstić information content (AvgIpc) is 3.59. The number of nitrogens with one attached hydrogen (secondary N) is 5. The van der Waals surface area contributed by atoms with Crippen LogP contribution in [0.1, 0.15) is 49.0 Å². The molecule has 2 aliphatic rings. The first kappa shape index (κ1) is 30.0. The summed E-state index contributed by atoms with van der Waals surface area (Å²) in [7, 11) is 2.07. The van der Waals surface area contributed by atoms with Crippen molar-refractivity contribution in [1.29, 1.82) is 0 Å². The lowest BCUT2D eigenvalue weighted by Crippen LogP contribution is -2.47. The first-order valence-electron chi connectivity index (χ1n) is 14.1. The van der Waals surface area contributed by atoms with Gasteiger partial charge in [-0.15, -0.1) is 0 Å². The van der Waals surface area contributed by atoms with Crippen molar-refractivity contribution in [2.45, 2.75) is 40.0 Å². The number of rotatable bonds is 6. The maximum atomic E-state index is 15.1. The fourth-order valence-electron chi connectivity index (χ4n) is 5.05. The lowest BCUT2D eigenvalue weighted by Gasteiger charge is -2.31. The SMILES string of the molecule is Cc1[nH]c(/C=C2\C(=O)Nc3cc(NC(=O)Nc4cc(C(C)(C)C)on4)c(F)cc32)c(C)c1NC(=O)CN1CCN(C)CC1. The van der Waals surface area contributed by atoms with Gasteiger partial charge in [-0.1, -0.05) is 25.9 Å². The Kier molecular flexibility index (Phi) is 8.12. The number of piperazine rings is 1. The van der Waals surface area contributed by atoms with Crippen LogP contribution in [0.5, 0.6) is 0 Å². The second kappa shape index (κ2) is 11.7. The summed E-state index contributed by atoms with van der Waals surface area (Å²) in [6, 6.07) is 3.45. The molecule has 13 heteroatoms. The monoisotopic (exact) mass is 592 g/mol. The Morgan fingerprint density at radius 1 is 1.09 bits per heavy atom. The molecule has 0 spiro atoms. The molecule has 1 aromatic carbocycles. The largest absolute Gasteiger partial charge is 0.359 e. The zero-order valence-corrected chi connectivity index (χ0v) is 25.2. The van der Waals surface area contributed by atoms with Gasteiger partial charge in [-0.3, -0.25) is 19.8 Å². The molecule has 1 fully saturated rings. The van der Waals surface area contributed by atoms with E-state index >= 15 is 4.39 Å². The zero-order chi connectivity index (χ0) is 31.1. The number of hydrogen-bond acceptors (Lipinski definition) is 7. The second-order valence-corrected chi connectivity index (χ2v) is 12.1. The number of carbonyl (C=O) groups is 3. The van der Waals surface area contributed by atoms with Crippen LogP contribution in [-0.2, 0) is 15.0 Å². The van der Waals surface area contributed by atoms with E-state index in [-0.39, 0.29) is 28.4 Å². The lowest BCUT2D eigenvalue weighted by molar-refractivity contribution is -0.117. The van der Waals surface area contributed by atoms with Crippen LogP contribution < -0.4 is 21.3 Å². The van der Waals surface area contributed by atoms with Gasteiger partial charge in [-0.25, -0.2) is 9.18 Å². The summed E-state index contributed by atoms with van der Waals surface area (Å²) in [5, 5.41) is 14.5. The molecular weight excluding hydrogens is 555 g/mol. The highest BCUT2D eigenvalue weighted by atomic mass is 19.1. The quantitative estimate of drug-likeness (QED) is 0.267. The number of urea groups is 1. The highest BCUT2D eigenvalue weighted by Crippen LogP contribution is 2.38. The molecule has 0 radical (unpaired) electrons. The molecule has 0 aliphatic carbocycles. The number of carbonyl (C=O) groups excluding carboxylic acids is 3. The lowest BCUT2D eigenvalue weighted by atomic mass is 9.93. The fourth-order valence-corrected chi connectivity index (χ4v) is 5.05. The van der Waals surface area contributed by atoms with E-state index in [1.54, 1.807) is 12.1 Å². The van der Waals surface area contributed by atoms with Gasteiger partial charge in [0.15, 0.2) is 5.82 Å². The van der Waals surface area contributed by atoms with Crippen molar-refractivity contribution in [2.24, 2.45) is 0 Å². The summed E-state index contributed by atoms with van der Waals surface area (Å²) in [5.41, 5.74) is 3.33. The summed E-state index contributed by atoms with van der Waals surface area (Å²) >= 11 is 0. The number of aryl methyl sites for hydroxylation is 1. The molecule has 5 rings (SSSR count). The molecule has 228 valence electrons. The molecule has 5 N–H and O–H groups in total. The van der Waals surface area contributed by atoms with E-state index in [9.17, 15) is 14.4 Å². The van der Waals surface area contributed by atoms with Gasteiger partial charge in [0.25, 0.3) is 5.91 Å². The first-order valence-corrected chi connectivity index (χ1v) is 14.1. The Morgan fingerprint density at radius 2 is 1.81 bits per heavy atom. The van der Waals surface area contributed by atoms with Crippen molar-refractivity contribution in [3.63, 3.8) is 0 Å². The van der Waals surface area contributed by atoms with Gasteiger partial charge < -0.3 is 30.4 Å². The molecular formula is C30H37FN8O4. The number of fused-ring (bicyclic) bond motifs is 1. The number of aromatic nitrogens is 2. The molecule has 0 unspecified atom stereocenters. The third kappa shape index (κ3) is 6.62. The Hall–Kier alpha value is -4.49. The molecule has 1 saturated heterocycles. The molecule has 3 aromatic rings. The third-order valence-electron chi connectivity index (χ3n) is 7.62. The summed E-state index contributed by atoms with van der Waals surface area (Å²) in [6.07, 6.45) is 1.64. The first-order chi connectivity index (χ1) is 20.3. The van der Waals surface area contributed by atoms with Crippen LogP contribution >= 0.6 is 0 Å². The number of halogens is 1. The van der Waals surface area contributed by atoms with Crippen LogP contribution in [0.25, 0.3) is 11.6 Å². The van der Waals surface area contributed by atoms with E-state index in [1.807, 2.05) is 34.6 Å². The maximum Gasteiger partial charge on any atom is 0.325 e. The van der Waals surface area contributed by atoms with Crippen molar-refractivity contribution in [3.05, 3.63) is 52.3 Å². The minimum atomic E-state index is -0.719. The molecule has 2 aromatic heterocycles. The number of nitrogens with zero attached hydrogens (tertiary/aromatic N) is 3. The second-order valence-electron chi connectivity index (χ2n) is 12.1. The number of anilines is 4. The molecule has 4 amide bonds. The van der Waals surface area contributed by atoms with Crippen LogP contribution in [-0.4, -0.2) is 77.6 Å². The van der Waals surface area contributed by atoms with E-state index in [2.05, 4.69) is 48.3 Å². The Balaban J connectivity index is 1.29. The van der Waals surface area contributed by atoms with Crippen molar-refractivity contribution in [3.8, 4) is 0 Å². The Bertz CT molecular complexity index is 1610. The molecule has 0 saturated carbocycles. The minimum Gasteiger partial charge on any atom is -0.359 e. The van der Waals surface area contributed by atoms with E-state index < -0.39 is 17.8 Å². The van der Waals surface area contributed by atoms with Gasteiger partial charge in [0, 0.05) is 54.6 Å².